The summed E-state index contributed by atoms with van der Waals surface area (Å²) in [6, 6.07) is 19.2. The first kappa shape index (κ1) is 13.8. The highest BCUT2D eigenvalue weighted by molar-refractivity contribution is 5.46. The Morgan fingerprint density at radius 1 is 0.818 bits per heavy atom. The van der Waals surface area contributed by atoms with Crippen molar-refractivity contribution in [2.45, 2.75) is 0 Å². The lowest BCUT2D eigenvalue weighted by Gasteiger charge is -2.04. The van der Waals surface area contributed by atoms with Crippen molar-refractivity contribution in [3.63, 3.8) is 0 Å². The average Bonchev–Trinajstić information content (AvgIpc) is 2.54. The Morgan fingerprint density at radius 2 is 1.59 bits per heavy atom. The van der Waals surface area contributed by atoms with Gasteiger partial charge in [0.05, 0.1) is 0 Å². The van der Waals surface area contributed by atoms with Crippen LogP contribution in [0.1, 0.15) is 11.1 Å². The van der Waals surface area contributed by atoms with Crippen LogP contribution >= 0.6 is 0 Å². The van der Waals surface area contributed by atoms with Crippen molar-refractivity contribution in [1.82, 2.24) is 4.98 Å². The van der Waals surface area contributed by atoms with Gasteiger partial charge in [-0.05, 0) is 30.3 Å². The minimum Gasteiger partial charge on any atom is -0.439 e. The van der Waals surface area contributed by atoms with Gasteiger partial charge in [0.15, 0.2) is 0 Å². The van der Waals surface area contributed by atoms with Crippen LogP contribution in [0.4, 0.5) is 4.39 Å². The molecule has 3 rings (SSSR count). The highest BCUT2D eigenvalue weighted by atomic mass is 19.1. The van der Waals surface area contributed by atoms with Gasteiger partial charge in [-0.3, -0.25) is 0 Å². The van der Waals surface area contributed by atoms with Crippen molar-refractivity contribution >= 4 is 0 Å². The maximum atomic E-state index is 13.7. The van der Waals surface area contributed by atoms with Crippen LogP contribution in [0.15, 0.2) is 72.9 Å². The van der Waals surface area contributed by atoms with Crippen molar-refractivity contribution in [2.24, 2.45) is 0 Å². The fourth-order valence-corrected chi connectivity index (χ4v) is 1.89. The number of aromatic nitrogens is 1. The molecule has 0 saturated carbocycles. The van der Waals surface area contributed by atoms with E-state index in [4.69, 9.17) is 4.74 Å². The third-order valence-electron chi connectivity index (χ3n) is 2.86. The third kappa shape index (κ3) is 3.71. The van der Waals surface area contributed by atoms with Crippen molar-refractivity contribution in [3.05, 3.63) is 89.9 Å². The molecule has 0 aliphatic heterocycles. The minimum atomic E-state index is -0.397. The Morgan fingerprint density at radius 3 is 2.36 bits per heavy atom. The molecule has 1 heterocycles. The monoisotopic (exact) mass is 289 g/mol. The second kappa shape index (κ2) is 6.55. The topological polar surface area (TPSA) is 22.1 Å². The van der Waals surface area contributed by atoms with Gasteiger partial charge in [0.2, 0.25) is 5.88 Å². The fourth-order valence-electron chi connectivity index (χ4n) is 1.89. The van der Waals surface area contributed by atoms with Crippen LogP contribution in [-0.2, 0) is 0 Å². The Bertz CT molecular complexity index is 820. The maximum absolute atomic E-state index is 13.7. The van der Waals surface area contributed by atoms with Crippen LogP contribution in [-0.4, -0.2) is 4.98 Å². The van der Waals surface area contributed by atoms with E-state index < -0.39 is 5.82 Å². The SMILES string of the molecule is Fc1cc(C#Cc2ccccc2)cc(Oc2ccccn2)c1. The molecule has 2 nitrogen and oxygen atoms in total. The highest BCUT2D eigenvalue weighted by Crippen LogP contribution is 2.21. The van der Waals surface area contributed by atoms with E-state index >= 15 is 0 Å². The smallest absolute Gasteiger partial charge is 0.219 e. The van der Waals surface area contributed by atoms with E-state index in [2.05, 4.69) is 16.8 Å². The van der Waals surface area contributed by atoms with E-state index in [0.717, 1.165) is 5.56 Å². The molecule has 0 saturated heterocycles. The summed E-state index contributed by atoms with van der Waals surface area (Å²) in [5, 5.41) is 0. The lowest BCUT2D eigenvalue weighted by Crippen LogP contribution is -1.89. The molecule has 0 unspecified atom stereocenters. The molecule has 0 bridgehead atoms. The number of ether oxygens (including phenoxy) is 1. The Labute approximate surface area is 128 Å². The van der Waals surface area contributed by atoms with Crippen molar-refractivity contribution in [1.29, 1.82) is 0 Å². The maximum Gasteiger partial charge on any atom is 0.219 e. The minimum absolute atomic E-state index is 0.371. The first-order chi connectivity index (χ1) is 10.8. The van der Waals surface area contributed by atoms with Crippen LogP contribution in [0.3, 0.4) is 0 Å². The van der Waals surface area contributed by atoms with Gasteiger partial charge in [-0.15, -0.1) is 0 Å². The summed E-state index contributed by atoms with van der Waals surface area (Å²) >= 11 is 0. The first-order valence-corrected chi connectivity index (χ1v) is 6.76. The lowest BCUT2D eigenvalue weighted by atomic mass is 10.1. The van der Waals surface area contributed by atoms with Crippen molar-refractivity contribution in [3.8, 4) is 23.5 Å². The Balaban J connectivity index is 1.86. The molecular formula is C19H12FNO. The molecule has 0 atom stereocenters. The van der Waals surface area contributed by atoms with Crippen LogP contribution < -0.4 is 4.74 Å². The third-order valence-corrected chi connectivity index (χ3v) is 2.86. The molecule has 22 heavy (non-hydrogen) atoms. The van der Waals surface area contributed by atoms with Gasteiger partial charge in [0, 0.05) is 29.5 Å². The second-order valence-electron chi connectivity index (χ2n) is 4.56. The van der Waals surface area contributed by atoms with Crippen LogP contribution in [0, 0.1) is 17.7 Å². The Hall–Kier alpha value is -3.12. The molecule has 0 aliphatic carbocycles. The average molecular weight is 289 g/mol. The molecule has 3 heteroatoms. The summed E-state index contributed by atoms with van der Waals surface area (Å²) in [6.07, 6.45) is 1.62. The van der Waals surface area contributed by atoms with Gasteiger partial charge in [0.25, 0.3) is 0 Å². The molecule has 3 aromatic rings. The molecule has 106 valence electrons. The van der Waals surface area contributed by atoms with Gasteiger partial charge >= 0.3 is 0 Å². The Kier molecular flexibility index (Phi) is 4.12. The van der Waals surface area contributed by atoms with E-state index in [9.17, 15) is 4.39 Å². The van der Waals surface area contributed by atoms with E-state index in [-0.39, 0.29) is 0 Å². The number of benzene rings is 2. The zero-order chi connectivity index (χ0) is 15.2. The molecule has 0 spiro atoms. The lowest BCUT2D eigenvalue weighted by molar-refractivity contribution is 0.458. The van der Waals surface area contributed by atoms with E-state index in [1.165, 1.54) is 12.1 Å². The quantitative estimate of drug-likeness (QED) is 0.652. The zero-order valence-corrected chi connectivity index (χ0v) is 11.7. The summed E-state index contributed by atoms with van der Waals surface area (Å²) in [5.41, 5.74) is 1.42. The number of halogens is 1. The number of pyridine rings is 1. The van der Waals surface area contributed by atoms with Gasteiger partial charge in [-0.1, -0.05) is 36.1 Å². The predicted molar refractivity (Wildman–Crippen MR) is 83.1 cm³/mol. The zero-order valence-electron chi connectivity index (χ0n) is 11.7. The molecule has 0 amide bonds. The molecule has 0 fully saturated rings. The summed E-state index contributed by atoms with van der Waals surface area (Å²) in [7, 11) is 0. The normalized spacial score (nSPS) is 9.68. The fraction of sp³-hybridized carbons (Fsp3) is 0. The van der Waals surface area contributed by atoms with Gasteiger partial charge < -0.3 is 4.74 Å². The van der Waals surface area contributed by atoms with Crippen LogP contribution in [0.25, 0.3) is 0 Å². The molecule has 0 radical (unpaired) electrons. The number of hydrogen-bond donors (Lipinski definition) is 0. The van der Waals surface area contributed by atoms with Crippen LogP contribution in [0.5, 0.6) is 11.6 Å². The summed E-state index contributed by atoms with van der Waals surface area (Å²) < 4.78 is 19.2. The molecule has 2 aromatic carbocycles. The first-order valence-electron chi connectivity index (χ1n) is 6.76. The highest BCUT2D eigenvalue weighted by Gasteiger charge is 2.02. The number of nitrogens with zero attached hydrogens (tertiary/aromatic N) is 1. The number of rotatable bonds is 2. The molecule has 0 N–H and O–H groups in total. The van der Waals surface area contributed by atoms with E-state index in [0.29, 0.717) is 17.2 Å². The van der Waals surface area contributed by atoms with Crippen LogP contribution in [0.2, 0.25) is 0 Å². The summed E-state index contributed by atoms with van der Waals surface area (Å²) in [5.74, 6) is 6.31. The predicted octanol–water partition coefficient (Wildman–Crippen LogP) is 4.41. The standard InChI is InChI=1S/C19H12FNO/c20-17-12-16(10-9-15-6-2-1-3-7-15)13-18(14-17)22-19-8-4-5-11-21-19/h1-8,11-14H. The van der Waals surface area contributed by atoms with E-state index in [1.54, 1.807) is 30.5 Å². The molecular weight excluding hydrogens is 277 g/mol. The second-order valence-corrected chi connectivity index (χ2v) is 4.56. The molecule has 1 aromatic heterocycles. The van der Waals surface area contributed by atoms with Gasteiger partial charge in [-0.25, -0.2) is 9.37 Å². The molecule has 0 aliphatic rings. The largest absolute Gasteiger partial charge is 0.439 e. The van der Waals surface area contributed by atoms with E-state index in [1.807, 2.05) is 30.3 Å². The summed E-state index contributed by atoms with van der Waals surface area (Å²) in [6.45, 7) is 0. The number of hydrogen-bond acceptors (Lipinski definition) is 2. The van der Waals surface area contributed by atoms with Gasteiger partial charge in [-0.2, -0.15) is 0 Å². The van der Waals surface area contributed by atoms with Crippen molar-refractivity contribution in [2.75, 3.05) is 0 Å². The summed E-state index contributed by atoms with van der Waals surface area (Å²) in [4.78, 5) is 4.05. The van der Waals surface area contributed by atoms with Crippen molar-refractivity contribution < 1.29 is 9.13 Å². The van der Waals surface area contributed by atoms with Gasteiger partial charge in [0.1, 0.15) is 11.6 Å².